The highest BCUT2D eigenvalue weighted by atomic mass is 15.2. The second-order valence-corrected chi connectivity index (χ2v) is 5.20. The van der Waals surface area contributed by atoms with E-state index < -0.39 is 0 Å². The molecule has 1 heterocycles. The number of hydrogen-bond donors (Lipinski definition) is 2. The van der Waals surface area contributed by atoms with E-state index in [1.54, 1.807) is 6.33 Å². The number of nitrogens with zero attached hydrogens (tertiary/aromatic N) is 2. The van der Waals surface area contributed by atoms with Gasteiger partial charge in [-0.25, -0.2) is 4.98 Å². The molecule has 0 spiro atoms. The maximum absolute atomic E-state index is 4.14. The molecule has 0 bridgehead atoms. The molecule has 1 unspecified atom stereocenters. The Bertz CT molecular complexity index is 507. The number of aromatic nitrogens is 3. The lowest BCUT2D eigenvalue weighted by Crippen LogP contribution is -2.35. The zero-order valence-electron chi connectivity index (χ0n) is 11.1. The number of H-pyrrole nitrogens is 1. The summed E-state index contributed by atoms with van der Waals surface area (Å²) >= 11 is 0. The standard InChI is InChI=1S/C15H20N4/c1-2-5-13-10-14(8-7-12(13)4-1)16-9-3-6-15-17-11-18-19-15/h1-2,4-5,11,14,16H,3,6-10H2,(H,17,18,19). The van der Waals surface area contributed by atoms with Crippen LogP contribution in [0.5, 0.6) is 0 Å². The van der Waals surface area contributed by atoms with Gasteiger partial charge in [0.05, 0.1) is 0 Å². The van der Waals surface area contributed by atoms with Crippen molar-refractivity contribution in [1.29, 1.82) is 0 Å². The van der Waals surface area contributed by atoms with Gasteiger partial charge in [-0.3, -0.25) is 5.10 Å². The van der Waals surface area contributed by atoms with Crippen molar-refractivity contribution in [3.8, 4) is 0 Å². The van der Waals surface area contributed by atoms with Crippen LogP contribution in [0.15, 0.2) is 30.6 Å². The van der Waals surface area contributed by atoms with Crippen molar-refractivity contribution in [3.63, 3.8) is 0 Å². The first-order valence-corrected chi connectivity index (χ1v) is 7.06. The second-order valence-electron chi connectivity index (χ2n) is 5.20. The highest BCUT2D eigenvalue weighted by Gasteiger charge is 2.17. The van der Waals surface area contributed by atoms with Crippen molar-refractivity contribution in [2.75, 3.05) is 6.54 Å². The smallest absolute Gasteiger partial charge is 0.137 e. The van der Waals surface area contributed by atoms with Crippen LogP contribution in [0.1, 0.15) is 29.8 Å². The minimum absolute atomic E-state index is 0.629. The summed E-state index contributed by atoms with van der Waals surface area (Å²) in [6.45, 7) is 1.05. The molecule has 2 aromatic rings. The van der Waals surface area contributed by atoms with Crippen LogP contribution < -0.4 is 5.32 Å². The fraction of sp³-hybridized carbons (Fsp3) is 0.467. The molecule has 100 valence electrons. The monoisotopic (exact) mass is 256 g/mol. The van der Waals surface area contributed by atoms with E-state index in [-0.39, 0.29) is 0 Å². The zero-order valence-corrected chi connectivity index (χ0v) is 11.1. The number of aryl methyl sites for hydroxylation is 2. The molecule has 1 aromatic carbocycles. The Morgan fingerprint density at radius 3 is 3.00 bits per heavy atom. The Morgan fingerprint density at radius 2 is 2.16 bits per heavy atom. The molecule has 1 aliphatic carbocycles. The fourth-order valence-corrected chi connectivity index (χ4v) is 2.79. The predicted molar refractivity (Wildman–Crippen MR) is 75.0 cm³/mol. The summed E-state index contributed by atoms with van der Waals surface area (Å²) in [5.74, 6) is 0.982. The SMILES string of the molecule is c1ccc2c(c1)CCC(NCCCc1ncn[nH]1)C2. The third-order valence-corrected chi connectivity index (χ3v) is 3.84. The van der Waals surface area contributed by atoms with Crippen molar-refractivity contribution >= 4 is 0 Å². The van der Waals surface area contributed by atoms with E-state index in [1.165, 1.54) is 30.4 Å². The van der Waals surface area contributed by atoms with Crippen molar-refractivity contribution in [2.45, 2.75) is 38.1 Å². The Labute approximate surface area is 113 Å². The maximum Gasteiger partial charge on any atom is 0.137 e. The molecule has 3 rings (SSSR count). The van der Waals surface area contributed by atoms with Gasteiger partial charge in [-0.1, -0.05) is 24.3 Å². The lowest BCUT2D eigenvalue weighted by Gasteiger charge is -2.25. The third kappa shape index (κ3) is 3.20. The lowest BCUT2D eigenvalue weighted by molar-refractivity contribution is 0.453. The average Bonchev–Trinajstić information content (AvgIpc) is 2.97. The molecule has 0 amide bonds. The first-order chi connectivity index (χ1) is 9.42. The van der Waals surface area contributed by atoms with Gasteiger partial charge in [0.25, 0.3) is 0 Å². The molecule has 0 fully saturated rings. The number of nitrogens with one attached hydrogen (secondary N) is 2. The van der Waals surface area contributed by atoms with Crippen LogP contribution in [-0.4, -0.2) is 27.8 Å². The summed E-state index contributed by atoms with van der Waals surface area (Å²) in [5.41, 5.74) is 3.05. The highest BCUT2D eigenvalue weighted by molar-refractivity contribution is 5.30. The van der Waals surface area contributed by atoms with Gasteiger partial charge < -0.3 is 5.32 Å². The highest BCUT2D eigenvalue weighted by Crippen LogP contribution is 2.20. The predicted octanol–water partition coefficient (Wildman–Crippen LogP) is 1.88. The molecule has 1 aromatic heterocycles. The van der Waals surface area contributed by atoms with Crippen LogP contribution >= 0.6 is 0 Å². The Morgan fingerprint density at radius 1 is 1.26 bits per heavy atom. The fourth-order valence-electron chi connectivity index (χ4n) is 2.79. The number of rotatable bonds is 5. The van der Waals surface area contributed by atoms with E-state index in [4.69, 9.17) is 0 Å². The molecular formula is C15H20N4. The normalized spacial score (nSPS) is 18.2. The maximum atomic E-state index is 4.14. The summed E-state index contributed by atoms with van der Waals surface area (Å²) in [7, 11) is 0. The Kier molecular flexibility index (Phi) is 3.89. The molecule has 0 aliphatic heterocycles. The van der Waals surface area contributed by atoms with Gasteiger partial charge in [-0.2, -0.15) is 5.10 Å². The summed E-state index contributed by atoms with van der Waals surface area (Å²) in [5, 5.41) is 10.4. The van der Waals surface area contributed by atoms with Crippen LogP contribution in [-0.2, 0) is 19.3 Å². The van der Waals surface area contributed by atoms with Gasteiger partial charge in [0.15, 0.2) is 0 Å². The number of hydrogen-bond acceptors (Lipinski definition) is 3. The van der Waals surface area contributed by atoms with Gasteiger partial charge in [-0.05, 0) is 43.4 Å². The summed E-state index contributed by atoms with van der Waals surface area (Å²) in [6.07, 6.45) is 7.26. The van der Waals surface area contributed by atoms with E-state index >= 15 is 0 Å². The van der Waals surface area contributed by atoms with E-state index in [9.17, 15) is 0 Å². The van der Waals surface area contributed by atoms with Crippen LogP contribution in [0.2, 0.25) is 0 Å². The van der Waals surface area contributed by atoms with Gasteiger partial charge in [0.2, 0.25) is 0 Å². The number of benzene rings is 1. The molecule has 0 radical (unpaired) electrons. The Balaban J connectivity index is 1.42. The van der Waals surface area contributed by atoms with Gasteiger partial charge >= 0.3 is 0 Å². The Hall–Kier alpha value is -1.68. The summed E-state index contributed by atoms with van der Waals surface area (Å²) in [6, 6.07) is 9.44. The van der Waals surface area contributed by atoms with Gasteiger partial charge in [-0.15, -0.1) is 0 Å². The van der Waals surface area contributed by atoms with Crippen molar-refractivity contribution in [2.24, 2.45) is 0 Å². The van der Waals surface area contributed by atoms with Crippen molar-refractivity contribution < 1.29 is 0 Å². The lowest BCUT2D eigenvalue weighted by atomic mass is 9.88. The largest absolute Gasteiger partial charge is 0.314 e. The first-order valence-electron chi connectivity index (χ1n) is 7.06. The van der Waals surface area contributed by atoms with Crippen LogP contribution in [0.25, 0.3) is 0 Å². The molecule has 19 heavy (non-hydrogen) atoms. The topological polar surface area (TPSA) is 53.6 Å². The van der Waals surface area contributed by atoms with Gasteiger partial charge in [0.1, 0.15) is 12.2 Å². The first kappa shape index (κ1) is 12.4. The van der Waals surface area contributed by atoms with E-state index in [2.05, 4.69) is 44.8 Å². The third-order valence-electron chi connectivity index (χ3n) is 3.84. The molecule has 0 saturated carbocycles. The molecule has 4 heteroatoms. The second kappa shape index (κ2) is 5.97. The van der Waals surface area contributed by atoms with Crippen LogP contribution in [0.4, 0.5) is 0 Å². The van der Waals surface area contributed by atoms with Crippen molar-refractivity contribution in [3.05, 3.63) is 47.5 Å². The van der Waals surface area contributed by atoms with Gasteiger partial charge in [0, 0.05) is 12.5 Å². The summed E-state index contributed by atoms with van der Waals surface area (Å²) < 4.78 is 0. The molecule has 0 saturated heterocycles. The quantitative estimate of drug-likeness (QED) is 0.803. The summed E-state index contributed by atoms with van der Waals surface area (Å²) in [4.78, 5) is 4.14. The molecule has 1 aliphatic rings. The average molecular weight is 256 g/mol. The number of fused-ring (bicyclic) bond motifs is 1. The molecular weight excluding hydrogens is 236 g/mol. The minimum atomic E-state index is 0.629. The zero-order chi connectivity index (χ0) is 12.9. The molecule has 4 nitrogen and oxygen atoms in total. The minimum Gasteiger partial charge on any atom is -0.314 e. The van der Waals surface area contributed by atoms with Crippen molar-refractivity contribution in [1.82, 2.24) is 20.5 Å². The van der Waals surface area contributed by atoms with E-state index in [1.807, 2.05) is 0 Å². The van der Waals surface area contributed by atoms with E-state index in [0.717, 1.165) is 25.2 Å². The van der Waals surface area contributed by atoms with Crippen LogP contribution in [0, 0.1) is 0 Å². The molecule has 2 N–H and O–H groups in total. The molecule has 1 atom stereocenters. The van der Waals surface area contributed by atoms with E-state index in [0.29, 0.717) is 6.04 Å². The number of aromatic amines is 1. The van der Waals surface area contributed by atoms with Crippen LogP contribution in [0.3, 0.4) is 0 Å².